The molecule has 0 spiro atoms. The van der Waals surface area contributed by atoms with Crippen LogP contribution in [-0.2, 0) is 12.2 Å². The summed E-state index contributed by atoms with van der Waals surface area (Å²) in [5.74, 6) is 2.25. The summed E-state index contributed by atoms with van der Waals surface area (Å²) in [4.78, 5) is 4.20. The topological polar surface area (TPSA) is 64.9 Å². The fourth-order valence-corrected chi connectivity index (χ4v) is 1.46. The molecule has 4 nitrogen and oxygen atoms in total. The lowest BCUT2D eigenvalue weighted by atomic mass is 10.5. The summed E-state index contributed by atoms with van der Waals surface area (Å²) < 4.78 is 4.97. The van der Waals surface area contributed by atoms with Crippen molar-refractivity contribution in [2.75, 3.05) is 6.54 Å². The summed E-state index contributed by atoms with van der Waals surface area (Å²) in [7, 11) is 0. The van der Waals surface area contributed by atoms with Gasteiger partial charge >= 0.3 is 0 Å². The Hall–Kier alpha value is -0.550. The third-order valence-corrected chi connectivity index (χ3v) is 2.83. The van der Waals surface area contributed by atoms with E-state index in [0.717, 1.165) is 18.0 Å². The second-order valence-corrected chi connectivity index (χ2v) is 4.24. The Morgan fingerprint density at radius 1 is 1.62 bits per heavy atom. The van der Waals surface area contributed by atoms with E-state index in [9.17, 15) is 0 Å². The molecule has 0 aliphatic heterocycles. The normalized spacial score (nSPS) is 13.2. The second kappa shape index (κ2) is 5.24. The molecule has 5 heteroatoms. The average molecular weight is 201 g/mol. The number of hydrogen-bond donors (Lipinski definition) is 1. The van der Waals surface area contributed by atoms with Gasteiger partial charge in [-0.3, -0.25) is 0 Å². The number of thioether (sulfide) groups is 1. The minimum atomic E-state index is 0.448. The molecule has 0 saturated carbocycles. The van der Waals surface area contributed by atoms with Gasteiger partial charge in [0.15, 0.2) is 5.82 Å². The summed E-state index contributed by atoms with van der Waals surface area (Å²) in [5, 5.41) is 4.29. The van der Waals surface area contributed by atoms with Gasteiger partial charge in [0, 0.05) is 18.2 Å². The summed E-state index contributed by atoms with van der Waals surface area (Å²) in [6, 6.07) is 0. The number of nitrogens with two attached hydrogens (primary N) is 1. The Labute approximate surface area is 82.3 Å². The monoisotopic (exact) mass is 201 g/mol. The molecule has 1 rings (SSSR count). The Morgan fingerprint density at radius 3 is 2.92 bits per heavy atom. The maximum absolute atomic E-state index is 5.48. The quantitative estimate of drug-likeness (QED) is 0.775. The molecule has 0 saturated heterocycles. The molecular formula is C8H15N3OS. The van der Waals surface area contributed by atoms with E-state index in [0.29, 0.717) is 17.7 Å². The molecule has 1 aromatic rings. The van der Waals surface area contributed by atoms with Gasteiger partial charge in [0.05, 0.1) is 5.75 Å². The van der Waals surface area contributed by atoms with Gasteiger partial charge in [0.2, 0.25) is 5.89 Å². The number of rotatable bonds is 5. The lowest BCUT2D eigenvalue weighted by Gasteiger charge is -2.04. The van der Waals surface area contributed by atoms with E-state index in [4.69, 9.17) is 10.3 Å². The van der Waals surface area contributed by atoms with Gasteiger partial charge < -0.3 is 10.3 Å². The predicted octanol–water partition coefficient (Wildman–Crippen LogP) is 1.21. The first kappa shape index (κ1) is 10.5. The Bertz CT molecular complexity index is 251. The van der Waals surface area contributed by atoms with Crippen LogP contribution in [0.3, 0.4) is 0 Å². The van der Waals surface area contributed by atoms with Crippen molar-refractivity contribution in [3.63, 3.8) is 0 Å². The van der Waals surface area contributed by atoms with Crippen LogP contribution in [0.1, 0.15) is 25.6 Å². The fourth-order valence-electron chi connectivity index (χ4n) is 0.777. The van der Waals surface area contributed by atoms with Crippen molar-refractivity contribution >= 4 is 11.8 Å². The molecule has 0 bridgehead atoms. The summed E-state index contributed by atoms with van der Waals surface area (Å²) in [6.07, 6.45) is 0.796. The predicted molar refractivity (Wildman–Crippen MR) is 53.5 cm³/mol. The molecule has 0 aliphatic rings. The molecule has 0 fully saturated rings. The molecule has 1 aromatic heterocycles. The number of hydrogen-bond acceptors (Lipinski definition) is 5. The molecule has 1 heterocycles. The first-order chi connectivity index (χ1) is 6.26. The highest BCUT2D eigenvalue weighted by molar-refractivity contribution is 7.99. The summed E-state index contributed by atoms with van der Waals surface area (Å²) in [5.41, 5.74) is 5.48. The van der Waals surface area contributed by atoms with E-state index >= 15 is 0 Å². The van der Waals surface area contributed by atoms with Gasteiger partial charge in [-0.25, -0.2) is 0 Å². The first-order valence-corrected chi connectivity index (χ1v) is 5.44. The SMILES string of the molecule is CCc1nc(CSC(C)CN)no1. The number of nitrogens with zero attached hydrogens (tertiary/aromatic N) is 2. The van der Waals surface area contributed by atoms with Crippen molar-refractivity contribution in [1.82, 2.24) is 10.1 Å². The van der Waals surface area contributed by atoms with Gasteiger partial charge in [0.1, 0.15) is 0 Å². The smallest absolute Gasteiger partial charge is 0.226 e. The summed E-state index contributed by atoms with van der Waals surface area (Å²) >= 11 is 1.74. The molecule has 0 amide bonds. The van der Waals surface area contributed by atoms with Crippen LogP contribution in [0.25, 0.3) is 0 Å². The van der Waals surface area contributed by atoms with Crippen molar-refractivity contribution in [1.29, 1.82) is 0 Å². The van der Waals surface area contributed by atoms with E-state index in [-0.39, 0.29) is 0 Å². The highest BCUT2D eigenvalue weighted by Gasteiger charge is 2.06. The maximum atomic E-state index is 5.48. The van der Waals surface area contributed by atoms with E-state index in [1.54, 1.807) is 11.8 Å². The molecule has 1 atom stereocenters. The van der Waals surface area contributed by atoms with Crippen LogP contribution < -0.4 is 5.73 Å². The standard InChI is InChI=1S/C8H15N3OS/c1-3-8-10-7(11-12-8)5-13-6(2)4-9/h6H,3-5,9H2,1-2H3. The van der Waals surface area contributed by atoms with Crippen molar-refractivity contribution in [2.45, 2.75) is 31.3 Å². The van der Waals surface area contributed by atoms with Gasteiger partial charge in [0.25, 0.3) is 0 Å². The van der Waals surface area contributed by atoms with Crippen LogP contribution >= 0.6 is 11.8 Å². The van der Waals surface area contributed by atoms with Gasteiger partial charge in [-0.2, -0.15) is 4.98 Å². The highest BCUT2D eigenvalue weighted by atomic mass is 32.2. The van der Waals surface area contributed by atoms with Crippen LogP contribution in [0.2, 0.25) is 0 Å². The Balaban J connectivity index is 2.36. The fraction of sp³-hybridized carbons (Fsp3) is 0.750. The molecule has 0 radical (unpaired) electrons. The minimum Gasteiger partial charge on any atom is -0.339 e. The van der Waals surface area contributed by atoms with E-state index in [2.05, 4.69) is 17.1 Å². The van der Waals surface area contributed by atoms with Gasteiger partial charge in [-0.1, -0.05) is 19.0 Å². The molecule has 1 unspecified atom stereocenters. The lowest BCUT2D eigenvalue weighted by Crippen LogP contribution is -2.12. The van der Waals surface area contributed by atoms with Crippen molar-refractivity contribution < 1.29 is 4.52 Å². The Kier molecular flexibility index (Phi) is 4.24. The molecule has 13 heavy (non-hydrogen) atoms. The highest BCUT2D eigenvalue weighted by Crippen LogP contribution is 2.14. The Morgan fingerprint density at radius 2 is 2.38 bits per heavy atom. The first-order valence-electron chi connectivity index (χ1n) is 4.39. The van der Waals surface area contributed by atoms with Crippen molar-refractivity contribution in [2.24, 2.45) is 5.73 Å². The van der Waals surface area contributed by atoms with Crippen LogP contribution in [0.15, 0.2) is 4.52 Å². The molecule has 74 valence electrons. The average Bonchev–Trinajstić information content (AvgIpc) is 2.61. The summed E-state index contributed by atoms with van der Waals surface area (Å²) in [6.45, 7) is 4.77. The van der Waals surface area contributed by atoms with Gasteiger partial charge in [-0.15, -0.1) is 11.8 Å². The van der Waals surface area contributed by atoms with Crippen LogP contribution in [-0.4, -0.2) is 21.9 Å². The van der Waals surface area contributed by atoms with E-state index < -0.39 is 0 Å². The van der Waals surface area contributed by atoms with Crippen LogP contribution in [0, 0.1) is 0 Å². The van der Waals surface area contributed by atoms with Crippen LogP contribution in [0.5, 0.6) is 0 Å². The zero-order chi connectivity index (χ0) is 9.68. The molecule has 2 N–H and O–H groups in total. The third kappa shape index (κ3) is 3.36. The number of aromatic nitrogens is 2. The molecule has 0 aliphatic carbocycles. The molecule has 0 aromatic carbocycles. The van der Waals surface area contributed by atoms with Crippen molar-refractivity contribution in [3.8, 4) is 0 Å². The molecular weight excluding hydrogens is 186 g/mol. The van der Waals surface area contributed by atoms with Gasteiger partial charge in [-0.05, 0) is 0 Å². The lowest BCUT2D eigenvalue weighted by molar-refractivity contribution is 0.378. The van der Waals surface area contributed by atoms with E-state index in [1.165, 1.54) is 0 Å². The zero-order valence-corrected chi connectivity index (χ0v) is 8.80. The third-order valence-electron chi connectivity index (χ3n) is 1.64. The van der Waals surface area contributed by atoms with E-state index in [1.807, 2.05) is 6.92 Å². The minimum absolute atomic E-state index is 0.448. The van der Waals surface area contributed by atoms with Crippen molar-refractivity contribution in [3.05, 3.63) is 11.7 Å². The largest absolute Gasteiger partial charge is 0.339 e. The zero-order valence-electron chi connectivity index (χ0n) is 7.99. The van der Waals surface area contributed by atoms with Crippen LogP contribution in [0.4, 0.5) is 0 Å². The maximum Gasteiger partial charge on any atom is 0.226 e. The number of aryl methyl sites for hydroxylation is 1. The second-order valence-electron chi connectivity index (χ2n) is 2.82.